The standard InChI is InChI=1S/C20H25ClN2O2/c1-20(2,14-22(3)4)15-7-6-8-18(13-15)23(5,19(24)25)17-11-9-16(21)10-12-17/h6-13H,14H2,1-5H3/p+1. The van der Waals surface area contributed by atoms with Crippen LogP contribution in [0, 0.1) is 0 Å². The van der Waals surface area contributed by atoms with E-state index >= 15 is 0 Å². The number of hydrogen-bond donors (Lipinski definition) is 1. The number of hydrogen-bond acceptors (Lipinski definition) is 2. The minimum atomic E-state index is -0.940. The largest absolute Gasteiger partial charge is 0.523 e. The summed E-state index contributed by atoms with van der Waals surface area (Å²) in [5.74, 6) is 0. The van der Waals surface area contributed by atoms with Crippen molar-refractivity contribution in [2.75, 3.05) is 27.7 Å². The van der Waals surface area contributed by atoms with Gasteiger partial charge in [0, 0.05) is 41.2 Å². The maximum absolute atomic E-state index is 12.2. The Kier molecular flexibility index (Phi) is 5.57. The molecule has 0 heterocycles. The lowest BCUT2D eigenvalue weighted by atomic mass is 9.84. The summed E-state index contributed by atoms with van der Waals surface area (Å²) in [4.78, 5) is 14.3. The van der Waals surface area contributed by atoms with Gasteiger partial charge >= 0.3 is 6.09 Å². The first-order chi connectivity index (χ1) is 11.6. The van der Waals surface area contributed by atoms with Crippen LogP contribution in [0.2, 0.25) is 5.02 Å². The second-order valence-electron chi connectivity index (χ2n) is 7.44. The van der Waals surface area contributed by atoms with E-state index in [1.807, 2.05) is 32.3 Å². The van der Waals surface area contributed by atoms with Gasteiger partial charge in [-0.05, 0) is 31.8 Å². The Morgan fingerprint density at radius 1 is 1.12 bits per heavy atom. The number of quaternary nitrogens is 1. The average molecular weight is 362 g/mol. The smallest absolute Gasteiger partial charge is 0.435 e. The third-order valence-corrected chi connectivity index (χ3v) is 4.83. The summed E-state index contributed by atoms with van der Waals surface area (Å²) < 4.78 is -0.330. The van der Waals surface area contributed by atoms with Gasteiger partial charge in [0.2, 0.25) is 0 Å². The second kappa shape index (κ2) is 7.16. The lowest BCUT2D eigenvalue weighted by Crippen LogP contribution is -2.45. The van der Waals surface area contributed by atoms with Gasteiger partial charge in [-0.1, -0.05) is 37.6 Å². The lowest BCUT2D eigenvalue weighted by molar-refractivity contribution is 0.172. The van der Waals surface area contributed by atoms with Gasteiger partial charge in [0.1, 0.15) is 11.4 Å². The number of halogens is 1. The molecule has 0 saturated carbocycles. The van der Waals surface area contributed by atoms with Crippen LogP contribution in [0.15, 0.2) is 48.5 Å². The third-order valence-electron chi connectivity index (χ3n) is 4.58. The van der Waals surface area contributed by atoms with Crippen LogP contribution < -0.4 is 4.48 Å². The van der Waals surface area contributed by atoms with Crippen LogP contribution in [0.3, 0.4) is 0 Å². The molecule has 0 bridgehead atoms. The van der Waals surface area contributed by atoms with E-state index in [-0.39, 0.29) is 9.90 Å². The van der Waals surface area contributed by atoms with Gasteiger partial charge in [-0.25, -0.2) is 0 Å². The highest BCUT2D eigenvalue weighted by Gasteiger charge is 2.38. The van der Waals surface area contributed by atoms with Crippen LogP contribution >= 0.6 is 11.6 Å². The molecular weight excluding hydrogens is 336 g/mol. The molecular formula is C20H26ClN2O2+. The minimum absolute atomic E-state index is 0.0944. The molecule has 0 aliphatic carbocycles. The molecule has 134 valence electrons. The van der Waals surface area contributed by atoms with E-state index in [4.69, 9.17) is 11.6 Å². The molecule has 1 unspecified atom stereocenters. The van der Waals surface area contributed by atoms with Gasteiger partial charge in [-0.2, -0.15) is 9.28 Å². The summed E-state index contributed by atoms with van der Waals surface area (Å²) in [7, 11) is 5.76. The summed E-state index contributed by atoms with van der Waals surface area (Å²) in [5.41, 5.74) is 2.37. The lowest BCUT2D eigenvalue weighted by Gasteiger charge is -2.31. The summed E-state index contributed by atoms with van der Waals surface area (Å²) in [6, 6.07) is 14.8. The van der Waals surface area contributed by atoms with Gasteiger partial charge in [0.05, 0.1) is 7.05 Å². The van der Waals surface area contributed by atoms with Crippen molar-refractivity contribution >= 4 is 29.1 Å². The number of carbonyl (C=O) groups is 1. The zero-order valence-electron chi connectivity index (χ0n) is 15.5. The van der Waals surface area contributed by atoms with Gasteiger partial charge in [0.15, 0.2) is 0 Å². The Hall–Kier alpha value is -1.88. The van der Waals surface area contributed by atoms with Crippen molar-refractivity contribution in [3.05, 3.63) is 59.1 Å². The van der Waals surface area contributed by atoms with E-state index in [2.05, 4.69) is 24.8 Å². The quantitative estimate of drug-likeness (QED) is 0.751. The van der Waals surface area contributed by atoms with Gasteiger partial charge < -0.3 is 10.0 Å². The highest BCUT2D eigenvalue weighted by Crippen LogP contribution is 2.36. The predicted molar refractivity (Wildman–Crippen MR) is 105 cm³/mol. The van der Waals surface area contributed by atoms with Gasteiger partial charge in [-0.3, -0.25) is 0 Å². The van der Waals surface area contributed by atoms with Crippen LogP contribution in [-0.2, 0) is 5.41 Å². The molecule has 2 aromatic carbocycles. The molecule has 2 rings (SSSR count). The predicted octanol–water partition coefficient (Wildman–Crippen LogP) is 5.13. The number of likely N-dealkylation sites (N-methyl/N-ethyl adjacent to an activating group) is 1. The maximum Gasteiger partial charge on any atom is 0.523 e. The minimum Gasteiger partial charge on any atom is -0.435 e. The molecule has 2 aromatic rings. The molecule has 1 N–H and O–H groups in total. The van der Waals surface area contributed by atoms with E-state index in [0.29, 0.717) is 16.4 Å². The number of benzene rings is 2. The molecule has 0 aliphatic rings. The highest BCUT2D eigenvalue weighted by atomic mass is 35.5. The number of rotatable bonds is 5. The Bertz CT molecular complexity index is 757. The van der Waals surface area contributed by atoms with E-state index in [0.717, 1.165) is 12.1 Å². The van der Waals surface area contributed by atoms with Gasteiger partial charge in [-0.15, -0.1) is 0 Å². The third kappa shape index (κ3) is 4.03. The molecule has 0 aromatic heterocycles. The maximum atomic E-state index is 12.2. The summed E-state index contributed by atoms with van der Waals surface area (Å²) in [6.07, 6.45) is -0.940. The monoisotopic (exact) mass is 361 g/mol. The van der Waals surface area contributed by atoms with Crippen LogP contribution in [0.5, 0.6) is 0 Å². The number of amides is 1. The Balaban J connectivity index is 2.55. The topological polar surface area (TPSA) is 40.5 Å². The van der Waals surface area contributed by atoms with Crippen molar-refractivity contribution in [2.45, 2.75) is 19.3 Å². The second-order valence-corrected chi connectivity index (χ2v) is 7.87. The van der Waals surface area contributed by atoms with Crippen molar-refractivity contribution in [2.24, 2.45) is 0 Å². The fourth-order valence-corrected chi connectivity index (χ4v) is 3.32. The van der Waals surface area contributed by atoms with Crippen molar-refractivity contribution in [1.29, 1.82) is 0 Å². The SMILES string of the molecule is CN(C)CC(C)(C)c1cccc([N+](C)(C(=O)O)c2ccc(Cl)cc2)c1. The van der Waals surface area contributed by atoms with E-state index in [1.54, 1.807) is 31.3 Å². The van der Waals surface area contributed by atoms with Crippen LogP contribution in [0.4, 0.5) is 16.2 Å². The molecule has 0 fully saturated rings. The average Bonchev–Trinajstić information content (AvgIpc) is 2.53. The summed E-state index contributed by atoms with van der Waals surface area (Å²) in [5, 5.41) is 10.6. The zero-order chi connectivity index (χ0) is 18.8. The zero-order valence-corrected chi connectivity index (χ0v) is 16.2. The molecule has 0 saturated heterocycles. The van der Waals surface area contributed by atoms with Crippen LogP contribution in [0.25, 0.3) is 0 Å². The molecule has 25 heavy (non-hydrogen) atoms. The normalized spacial score (nSPS) is 14.4. The Morgan fingerprint density at radius 3 is 2.24 bits per heavy atom. The molecule has 5 heteroatoms. The van der Waals surface area contributed by atoms with Crippen molar-refractivity contribution in [1.82, 2.24) is 9.38 Å². The highest BCUT2D eigenvalue weighted by molar-refractivity contribution is 6.30. The Labute approximate surface area is 154 Å². The fraction of sp³-hybridized carbons (Fsp3) is 0.350. The Morgan fingerprint density at radius 2 is 1.72 bits per heavy atom. The van der Waals surface area contributed by atoms with E-state index < -0.39 is 6.09 Å². The van der Waals surface area contributed by atoms with Crippen molar-refractivity contribution < 1.29 is 9.90 Å². The van der Waals surface area contributed by atoms with Crippen molar-refractivity contribution in [3.8, 4) is 0 Å². The van der Waals surface area contributed by atoms with E-state index in [1.165, 1.54) is 0 Å². The van der Waals surface area contributed by atoms with Gasteiger partial charge in [0.25, 0.3) is 0 Å². The molecule has 0 radical (unpaired) electrons. The molecule has 0 aliphatic heterocycles. The number of carboxylic acid groups (broad SMARTS) is 1. The first-order valence-corrected chi connectivity index (χ1v) is 8.57. The molecule has 4 nitrogen and oxygen atoms in total. The van der Waals surface area contributed by atoms with E-state index in [9.17, 15) is 9.90 Å². The summed E-state index contributed by atoms with van der Waals surface area (Å²) in [6.45, 7) is 5.20. The fourth-order valence-electron chi connectivity index (χ4n) is 3.20. The molecule has 1 atom stereocenters. The van der Waals surface area contributed by atoms with Crippen molar-refractivity contribution in [3.63, 3.8) is 0 Å². The first kappa shape index (κ1) is 19.4. The number of nitrogens with zero attached hydrogens (tertiary/aromatic N) is 2. The first-order valence-electron chi connectivity index (χ1n) is 8.19. The molecule has 0 spiro atoms. The summed E-state index contributed by atoms with van der Waals surface area (Å²) >= 11 is 5.96. The van der Waals surface area contributed by atoms with Crippen LogP contribution in [-0.4, -0.2) is 43.8 Å². The molecule has 1 amide bonds. The van der Waals surface area contributed by atoms with Crippen LogP contribution in [0.1, 0.15) is 19.4 Å².